The van der Waals surface area contributed by atoms with Crippen LogP contribution in [0.2, 0.25) is 0 Å². The third kappa shape index (κ3) is 3.21. The maximum atomic E-state index is 12.5. The summed E-state index contributed by atoms with van der Waals surface area (Å²) in [6.07, 6.45) is 8.79. The van der Waals surface area contributed by atoms with E-state index in [0.29, 0.717) is 12.3 Å². The summed E-state index contributed by atoms with van der Waals surface area (Å²) in [5.74, 6) is 0.962. The van der Waals surface area contributed by atoms with Crippen molar-refractivity contribution in [2.24, 2.45) is 17.8 Å². The SMILES string of the molecule is C=CCC1CC(C(=O)C2CCCCC2)CNC1O. The molecule has 18 heavy (non-hydrogen) atoms. The normalized spacial score (nSPS) is 34.2. The number of aliphatic hydroxyl groups is 1. The van der Waals surface area contributed by atoms with E-state index < -0.39 is 6.23 Å². The highest BCUT2D eigenvalue weighted by Gasteiger charge is 2.35. The minimum absolute atomic E-state index is 0.0986. The first-order chi connectivity index (χ1) is 8.72. The van der Waals surface area contributed by atoms with Crippen molar-refractivity contribution in [3.63, 3.8) is 0 Å². The average molecular weight is 251 g/mol. The van der Waals surface area contributed by atoms with Crippen molar-refractivity contribution in [1.82, 2.24) is 5.32 Å². The van der Waals surface area contributed by atoms with Gasteiger partial charge in [-0.05, 0) is 25.7 Å². The maximum Gasteiger partial charge on any atom is 0.140 e. The zero-order valence-electron chi connectivity index (χ0n) is 11.1. The average Bonchev–Trinajstić information content (AvgIpc) is 2.42. The first kappa shape index (κ1) is 13.8. The largest absolute Gasteiger partial charge is 0.378 e. The highest BCUT2D eigenvalue weighted by Crippen LogP contribution is 2.31. The smallest absolute Gasteiger partial charge is 0.140 e. The zero-order valence-corrected chi connectivity index (χ0v) is 11.1. The molecular weight excluding hydrogens is 226 g/mol. The number of piperidine rings is 1. The molecule has 1 saturated carbocycles. The van der Waals surface area contributed by atoms with Crippen LogP contribution in [0.25, 0.3) is 0 Å². The fourth-order valence-electron chi connectivity index (χ4n) is 3.38. The number of ketones is 1. The van der Waals surface area contributed by atoms with E-state index in [2.05, 4.69) is 11.9 Å². The van der Waals surface area contributed by atoms with Gasteiger partial charge in [0.2, 0.25) is 0 Å². The molecule has 0 aromatic heterocycles. The Bertz CT molecular complexity index is 297. The van der Waals surface area contributed by atoms with E-state index in [-0.39, 0.29) is 17.8 Å². The minimum Gasteiger partial charge on any atom is -0.378 e. The molecule has 2 N–H and O–H groups in total. The zero-order chi connectivity index (χ0) is 13.0. The number of hydrogen-bond acceptors (Lipinski definition) is 3. The third-order valence-corrected chi connectivity index (χ3v) is 4.49. The van der Waals surface area contributed by atoms with Gasteiger partial charge in [0.05, 0.1) is 0 Å². The number of carbonyl (C=O) groups excluding carboxylic acids is 1. The molecule has 1 aliphatic carbocycles. The van der Waals surface area contributed by atoms with Gasteiger partial charge in [0.1, 0.15) is 12.0 Å². The van der Waals surface area contributed by atoms with Crippen LogP contribution in [0.5, 0.6) is 0 Å². The summed E-state index contributed by atoms with van der Waals surface area (Å²) < 4.78 is 0. The first-order valence-corrected chi connectivity index (χ1v) is 7.28. The molecule has 2 fully saturated rings. The molecule has 3 unspecified atom stereocenters. The topological polar surface area (TPSA) is 49.3 Å². The fourth-order valence-corrected chi connectivity index (χ4v) is 3.38. The van der Waals surface area contributed by atoms with E-state index in [1.807, 2.05) is 6.08 Å². The molecule has 3 atom stereocenters. The van der Waals surface area contributed by atoms with Crippen molar-refractivity contribution < 1.29 is 9.90 Å². The van der Waals surface area contributed by atoms with Crippen molar-refractivity contribution >= 4 is 5.78 Å². The summed E-state index contributed by atoms with van der Waals surface area (Å²) >= 11 is 0. The molecule has 0 radical (unpaired) electrons. The van der Waals surface area contributed by atoms with Gasteiger partial charge in [-0.25, -0.2) is 0 Å². The highest BCUT2D eigenvalue weighted by molar-refractivity contribution is 5.83. The van der Waals surface area contributed by atoms with Crippen molar-refractivity contribution in [3.05, 3.63) is 12.7 Å². The van der Waals surface area contributed by atoms with Crippen LogP contribution in [-0.2, 0) is 4.79 Å². The number of hydrogen-bond donors (Lipinski definition) is 2. The maximum absolute atomic E-state index is 12.5. The minimum atomic E-state index is -0.474. The lowest BCUT2D eigenvalue weighted by atomic mass is 9.76. The van der Waals surface area contributed by atoms with Crippen LogP contribution in [0.4, 0.5) is 0 Å². The van der Waals surface area contributed by atoms with E-state index in [9.17, 15) is 9.90 Å². The second kappa shape index (κ2) is 6.48. The summed E-state index contributed by atoms with van der Waals surface area (Å²) in [6.45, 7) is 4.37. The number of nitrogens with one attached hydrogen (secondary N) is 1. The molecule has 1 saturated heterocycles. The Labute approximate surface area is 110 Å². The second-order valence-corrected chi connectivity index (χ2v) is 5.81. The molecule has 102 valence electrons. The van der Waals surface area contributed by atoms with Crippen LogP contribution in [0.3, 0.4) is 0 Å². The molecule has 0 aromatic carbocycles. The first-order valence-electron chi connectivity index (χ1n) is 7.28. The number of carbonyl (C=O) groups is 1. The Kier molecular flexibility index (Phi) is 4.95. The summed E-state index contributed by atoms with van der Waals surface area (Å²) in [5, 5.41) is 12.9. The lowest BCUT2D eigenvalue weighted by molar-refractivity contribution is -0.130. The van der Waals surface area contributed by atoms with Crippen LogP contribution < -0.4 is 5.32 Å². The Balaban J connectivity index is 1.91. The Hall–Kier alpha value is -0.670. The fraction of sp³-hybridized carbons (Fsp3) is 0.800. The van der Waals surface area contributed by atoms with Crippen LogP contribution in [0.15, 0.2) is 12.7 Å². The van der Waals surface area contributed by atoms with Crippen LogP contribution in [0.1, 0.15) is 44.9 Å². The molecule has 0 bridgehead atoms. The monoisotopic (exact) mass is 251 g/mol. The molecule has 3 heteroatoms. The van der Waals surface area contributed by atoms with Crippen molar-refractivity contribution in [3.8, 4) is 0 Å². The molecule has 0 amide bonds. The molecule has 1 aliphatic heterocycles. The van der Waals surface area contributed by atoms with E-state index >= 15 is 0 Å². The highest BCUT2D eigenvalue weighted by atomic mass is 16.3. The number of aliphatic hydroxyl groups excluding tert-OH is 1. The Morgan fingerprint density at radius 1 is 1.28 bits per heavy atom. The van der Waals surface area contributed by atoms with Crippen molar-refractivity contribution in [1.29, 1.82) is 0 Å². The van der Waals surface area contributed by atoms with Gasteiger partial charge in [-0.1, -0.05) is 25.3 Å². The van der Waals surface area contributed by atoms with Crippen molar-refractivity contribution in [2.75, 3.05) is 6.54 Å². The number of rotatable bonds is 4. The molecular formula is C15H25NO2. The lowest BCUT2D eigenvalue weighted by Crippen LogP contribution is -2.48. The summed E-state index contributed by atoms with van der Waals surface area (Å²) in [6, 6.07) is 0. The molecule has 2 rings (SSSR count). The van der Waals surface area contributed by atoms with Gasteiger partial charge in [-0.3, -0.25) is 10.1 Å². The molecule has 3 nitrogen and oxygen atoms in total. The van der Waals surface area contributed by atoms with Gasteiger partial charge in [0, 0.05) is 24.3 Å². The van der Waals surface area contributed by atoms with Crippen LogP contribution >= 0.6 is 0 Å². The van der Waals surface area contributed by atoms with Gasteiger partial charge in [-0.2, -0.15) is 0 Å². The molecule has 0 spiro atoms. The van der Waals surface area contributed by atoms with E-state index in [1.165, 1.54) is 19.3 Å². The van der Waals surface area contributed by atoms with Gasteiger partial charge in [0.25, 0.3) is 0 Å². The Morgan fingerprint density at radius 2 is 2.00 bits per heavy atom. The number of allylic oxidation sites excluding steroid dienone is 1. The van der Waals surface area contributed by atoms with E-state index in [1.54, 1.807) is 0 Å². The van der Waals surface area contributed by atoms with E-state index in [4.69, 9.17) is 0 Å². The summed E-state index contributed by atoms with van der Waals surface area (Å²) in [5.41, 5.74) is 0. The second-order valence-electron chi connectivity index (χ2n) is 5.81. The predicted octanol–water partition coefficient (Wildman–Crippen LogP) is 2.26. The third-order valence-electron chi connectivity index (χ3n) is 4.49. The molecule has 0 aromatic rings. The Morgan fingerprint density at radius 3 is 2.67 bits per heavy atom. The van der Waals surface area contributed by atoms with E-state index in [0.717, 1.165) is 25.7 Å². The van der Waals surface area contributed by atoms with Gasteiger partial charge in [-0.15, -0.1) is 6.58 Å². The summed E-state index contributed by atoms with van der Waals surface area (Å²) in [4.78, 5) is 12.5. The molecule has 1 heterocycles. The lowest BCUT2D eigenvalue weighted by Gasteiger charge is -2.35. The van der Waals surface area contributed by atoms with Crippen molar-refractivity contribution in [2.45, 2.75) is 51.2 Å². The number of Topliss-reactive ketones (excluding diaryl/α,β-unsaturated/α-hetero) is 1. The predicted molar refractivity (Wildman–Crippen MR) is 72.0 cm³/mol. The van der Waals surface area contributed by atoms with Gasteiger partial charge < -0.3 is 5.11 Å². The quantitative estimate of drug-likeness (QED) is 0.753. The van der Waals surface area contributed by atoms with Crippen LogP contribution in [-0.4, -0.2) is 23.7 Å². The van der Waals surface area contributed by atoms with Gasteiger partial charge in [0.15, 0.2) is 0 Å². The summed E-state index contributed by atoms with van der Waals surface area (Å²) in [7, 11) is 0. The van der Waals surface area contributed by atoms with Gasteiger partial charge >= 0.3 is 0 Å². The standard InChI is InChI=1S/C15H25NO2/c1-2-6-12-9-13(10-16-15(12)18)14(17)11-7-4-3-5-8-11/h2,11-13,15-16,18H,1,3-10H2. The van der Waals surface area contributed by atoms with Crippen LogP contribution in [0, 0.1) is 17.8 Å². The molecule has 2 aliphatic rings.